The summed E-state index contributed by atoms with van der Waals surface area (Å²) in [7, 11) is 3.54. The molecule has 8 heteroatoms. The molecule has 34 heavy (non-hydrogen) atoms. The zero-order valence-corrected chi connectivity index (χ0v) is 19.3. The standard InChI is InChI=1S/C26H21ClFN5O/c1-32-15-30-14-23(32)26(29,17-6-8-18(27)9-7-17)22-11-10-21-25(31-22)20(13-24(34)33(21)2)16-4-3-5-19(28)12-16/h3-15H,29H2,1-2H3. The smallest absolute Gasteiger partial charge is 0.251 e. The monoisotopic (exact) mass is 473 g/mol. The second-order valence-corrected chi connectivity index (χ2v) is 8.67. The quantitative estimate of drug-likeness (QED) is 0.420. The molecule has 170 valence electrons. The highest BCUT2D eigenvalue weighted by Gasteiger charge is 2.36. The molecule has 0 saturated carbocycles. The van der Waals surface area contributed by atoms with Gasteiger partial charge in [-0.2, -0.15) is 0 Å². The Morgan fingerprint density at radius 3 is 2.47 bits per heavy atom. The van der Waals surface area contributed by atoms with Crippen LogP contribution in [0.3, 0.4) is 0 Å². The third-order valence-electron chi connectivity index (χ3n) is 6.15. The van der Waals surface area contributed by atoms with Crippen molar-refractivity contribution < 1.29 is 4.39 Å². The number of fused-ring (bicyclic) bond motifs is 1. The fourth-order valence-electron chi connectivity index (χ4n) is 4.30. The first-order chi connectivity index (χ1) is 16.3. The van der Waals surface area contributed by atoms with E-state index >= 15 is 0 Å². The van der Waals surface area contributed by atoms with Crippen molar-refractivity contribution in [3.63, 3.8) is 0 Å². The normalized spacial score (nSPS) is 13.2. The molecular weight excluding hydrogens is 453 g/mol. The zero-order valence-electron chi connectivity index (χ0n) is 18.5. The molecule has 6 nitrogen and oxygen atoms in total. The van der Waals surface area contributed by atoms with Gasteiger partial charge in [0.05, 0.1) is 34.9 Å². The number of rotatable bonds is 4. The summed E-state index contributed by atoms with van der Waals surface area (Å²) in [6.07, 6.45) is 3.38. The van der Waals surface area contributed by atoms with Gasteiger partial charge in [0.25, 0.3) is 5.56 Å². The Balaban J connectivity index is 1.84. The van der Waals surface area contributed by atoms with E-state index in [-0.39, 0.29) is 5.56 Å². The number of hydrogen-bond acceptors (Lipinski definition) is 4. The SMILES string of the molecule is Cn1cncc1C(N)(c1ccc(Cl)cc1)c1ccc2c(n1)c(-c1cccc(F)c1)cc(=O)n2C. The number of hydrogen-bond donors (Lipinski definition) is 1. The predicted molar refractivity (Wildman–Crippen MR) is 131 cm³/mol. The molecule has 2 N–H and O–H groups in total. The molecule has 0 spiro atoms. The van der Waals surface area contributed by atoms with Crippen LogP contribution in [0.15, 0.2) is 84.0 Å². The fraction of sp³-hybridized carbons (Fsp3) is 0.115. The van der Waals surface area contributed by atoms with E-state index in [2.05, 4.69) is 4.98 Å². The van der Waals surface area contributed by atoms with Crippen LogP contribution < -0.4 is 11.3 Å². The van der Waals surface area contributed by atoms with Crippen LogP contribution in [0.1, 0.15) is 17.0 Å². The molecule has 0 bridgehead atoms. The molecule has 3 aromatic heterocycles. The van der Waals surface area contributed by atoms with Crippen molar-refractivity contribution in [3.8, 4) is 11.1 Å². The molecule has 0 aliphatic carbocycles. The van der Waals surface area contributed by atoms with Crippen molar-refractivity contribution in [2.75, 3.05) is 0 Å². The molecule has 5 rings (SSSR count). The van der Waals surface area contributed by atoms with E-state index in [9.17, 15) is 9.18 Å². The average Bonchev–Trinajstić information content (AvgIpc) is 3.27. The minimum Gasteiger partial charge on any atom is -0.335 e. The Labute approximate surface area is 200 Å². The maximum atomic E-state index is 14.0. The molecule has 0 saturated heterocycles. The van der Waals surface area contributed by atoms with Crippen LogP contribution in [0.25, 0.3) is 22.2 Å². The van der Waals surface area contributed by atoms with Crippen molar-refractivity contribution >= 4 is 22.6 Å². The highest BCUT2D eigenvalue weighted by atomic mass is 35.5. The summed E-state index contributed by atoms with van der Waals surface area (Å²) in [5.41, 5.74) is 10.0. The molecule has 3 heterocycles. The molecule has 2 aromatic carbocycles. The number of halogens is 2. The number of nitrogens with zero attached hydrogens (tertiary/aromatic N) is 4. The molecular formula is C26H21ClFN5O. The molecule has 0 amide bonds. The first-order valence-corrected chi connectivity index (χ1v) is 11.0. The van der Waals surface area contributed by atoms with E-state index < -0.39 is 11.4 Å². The summed E-state index contributed by atoms with van der Waals surface area (Å²) in [6, 6.07) is 18.5. The number of nitrogens with two attached hydrogens (primary N) is 1. The van der Waals surface area contributed by atoms with E-state index in [0.29, 0.717) is 32.9 Å². The van der Waals surface area contributed by atoms with Gasteiger partial charge in [0.15, 0.2) is 0 Å². The van der Waals surface area contributed by atoms with E-state index in [4.69, 9.17) is 22.3 Å². The molecule has 0 aliphatic heterocycles. The van der Waals surface area contributed by atoms with Crippen LogP contribution in [0, 0.1) is 5.82 Å². The number of benzene rings is 2. The number of aryl methyl sites for hydroxylation is 2. The van der Waals surface area contributed by atoms with Gasteiger partial charge >= 0.3 is 0 Å². The van der Waals surface area contributed by atoms with Crippen LogP contribution in [-0.4, -0.2) is 19.1 Å². The summed E-state index contributed by atoms with van der Waals surface area (Å²) >= 11 is 6.14. The highest BCUT2D eigenvalue weighted by Crippen LogP contribution is 2.35. The van der Waals surface area contributed by atoms with Gasteiger partial charge in [0.1, 0.15) is 11.4 Å². The molecule has 5 aromatic rings. The predicted octanol–water partition coefficient (Wildman–Crippen LogP) is 4.38. The molecule has 0 radical (unpaired) electrons. The number of pyridine rings is 2. The van der Waals surface area contributed by atoms with E-state index in [0.717, 1.165) is 11.3 Å². The van der Waals surface area contributed by atoms with E-state index in [1.807, 2.05) is 29.8 Å². The Morgan fingerprint density at radius 2 is 1.79 bits per heavy atom. The van der Waals surface area contributed by atoms with Gasteiger partial charge in [-0.1, -0.05) is 35.9 Å². The van der Waals surface area contributed by atoms with Crippen molar-refractivity contribution in [1.29, 1.82) is 0 Å². The van der Waals surface area contributed by atoms with Crippen LogP contribution in [-0.2, 0) is 19.6 Å². The Bertz CT molecular complexity index is 1590. The zero-order chi connectivity index (χ0) is 24.0. The van der Waals surface area contributed by atoms with Gasteiger partial charge in [0.2, 0.25) is 0 Å². The third kappa shape index (κ3) is 3.50. The summed E-state index contributed by atoms with van der Waals surface area (Å²) < 4.78 is 17.4. The third-order valence-corrected chi connectivity index (χ3v) is 6.40. The summed E-state index contributed by atoms with van der Waals surface area (Å²) in [4.78, 5) is 21.9. The molecule has 0 fully saturated rings. The van der Waals surface area contributed by atoms with Crippen LogP contribution in [0.4, 0.5) is 4.39 Å². The molecule has 1 unspecified atom stereocenters. The second kappa shape index (κ2) is 8.20. The van der Waals surface area contributed by atoms with E-state index in [1.165, 1.54) is 22.8 Å². The maximum absolute atomic E-state index is 14.0. The minimum absolute atomic E-state index is 0.218. The van der Waals surface area contributed by atoms with Crippen LogP contribution in [0.2, 0.25) is 5.02 Å². The largest absolute Gasteiger partial charge is 0.335 e. The maximum Gasteiger partial charge on any atom is 0.251 e. The number of aromatic nitrogens is 4. The lowest BCUT2D eigenvalue weighted by Crippen LogP contribution is -2.41. The van der Waals surface area contributed by atoms with Gasteiger partial charge < -0.3 is 14.9 Å². The van der Waals surface area contributed by atoms with Gasteiger partial charge in [-0.25, -0.2) is 14.4 Å². The first-order valence-electron chi connectivity index (χ1n) is 10.6. The average molecular weight is 474 g/mol. The van der Waals surface area contributed by atoms with Gasteiger partial charge in [0, 0.05) is 30.7 Å². The van der Waals surface area contributed by atoms with Crippen molar-refractivity contribution in [2.45, 2.75) is 5.54 Å². The molecule has 0 aliphatic rings. The lowest BCUT2D eigenvalue weighted by atomic mass is 9.84. The lowest BCUT2D eigenvalue weighted by Gasteiger charge is -2.30. The highest BCUT2D eigenvalue weighted by molar-refractivity contribution is 6.30. The van der Waals surface area contributed by atoms with Crippen molar-refractivity contribution in [1.82, 2.24) is 19.1 Å². The lowest BCUT2D eigenvalue weighted by molar-refractivity contribution is 0.580. The summed E-state index contributed by atoms with van der Waals surface area (Å²) in [5, 5.41) is 0.589. The topological polar surface area (TPSA) is 78.7 Å². The van der Waals surface area contributed by atoms with Crippen LogP contribution >= 0.6 is 11.6 Å². The van der Waals surface area contributed by atoms with E-state index in [1.54, 1.807) is 49.9 Å². The van der Waals surface area contributed by atoms with Gasteiger partial charge in [-0.3, -0.25) is 4.79 Å². The minimum atomic E-state index is -1.17. The van der Waals surface area contributed by atoms with Crippen molar-refractivity contribution in [2.24, 2.45) is 19.8 Å². The Kier molecular flexibility index (Phi) is 5.31. The van der Waals surface area contributed by atoms with Gasteiger partial charge in [-0.05, 0) is 47.5 Å². The number of imidazole rings is 1. The fourth-order valence-corrected chi connectivity index (χ4v) is 4.43. The Hall–Kier alpha value is -3.81. The van der Waals surface area contributed by atoms with Crippen LogP contribution in [0.5, 0.6) is 0 Å². The van der Waals surface area contributed by atoms with Crippen molar-refractivity contribution in [3.05, 3.63) is 117 Å². The first kappa shape index (κ1) is 22.0. The Morgan fingerprint density at radius 1 is 1.03 bits per heavy atom. The molecule has 1 atom stereocenters. The van der Waals surface area contributed by atoms with Gasteiger partial charge in [-0.15, -0.1) is 0 Å². The summed E-state index contributed by atoms with van der Waals surface area (Å²) in [6.45, 7) is 0. The summed E-state index contributed by atoms with van der Waals surface area (Å²) in [5.74, 6) is -0.397. The second-order valence-electron chi connectivity index (χ2n) is 8.23.